The van der Waals surface area contributed by atoms with Crippen LogP contribution in [0, 0.1) is 0 Å². The van der Waals surface area contributed by atoms with Gasteiger partial charge in [0.15, 0.2) is 0 Å². The van der Waals surface area contributed by atoms with Gasteiger partial charge in [-0.2, -0.15) is 0 Å². The lowest BCUT2D eigenvalue weighted by Crippen LogP contribution is -2.26. The van der Waals surface area contributed by atoms with Gasteiger partial charge in [-0.25, -0.2) is 0 Å². The molecule has 102 valence electrons. The minimum Gasteiger partial charge on any atom is -0.396 e. The zero-order valence-corrected chi connectivity index (χ0v) is 12.9. The van der Waals surface area contributed by atoms with Crippen LogP contribution >= 0.6 is 24.0 Å². The predicted molar refractivity (Wildman–Crippen MR) is 82.8 cm³/mol. The highest BCUT2D eigenvalue weighted by molar-refractivity contribution is 8.22. The van der Waals surface area contributed by atoms with Crippen LogP contribution in [0.5, 0.6) is 0 Å². The lowest BCUT2D eigenvalue weighted by molar-refractivity contribution is 0.282. The molecular weight excluding hydrogens is 250 g/mol. The fourth-order valence-corrected chi connectivity index (χ4v) is 3.13. The Kier molecular flexibility index (Phi) is 12.8. The first-order chi connectivity index (χ1) is 8.26. The summed E-state index contributed by atoms with van der Waals surface area (Å²) in [6.07, 6.45) is 7.22. The molecule has 0 saturated carbocycles. The van der Waals surface area contributed by atoms with Gasteiger partial charge in [-0.15, -0.1) is 0 Å². The fourth-order valence-electron chi connectivity index (χ4n) is 1.65. The Balaban J connectivity index is 3.30. The Morgan fingerprint density at radius 1 is 1.00 bits per heavy atom. The molecule has 0 aliphatic heterocycles. The van der Waals surface area contributed by atoms with Gasteiger partial charge in [-0.1, -0.05) is 49.7 Å². The first-order valence-corrected chi connectivity index (χ1v) is 8.18. The van der Waals surface area contributed by atoms with E-state index in [9.17, 15) is 0 Å². The van der Waals surface area contributed by atoms with Crippen molar-refractivity contribution in [1.29, 1.82) is 0 Å². The molecule has 0 fully saturated rings. The summed E-state index contributed by atoms with van der Waals surface area (Å²) in [5.41, 5.74) is 0. The van der Waals surface area contributed by atoms with Gasteiger partial charge in [0.25, 0.3) is 0 Å². The first kappa shape index (κ1) is 17.2. The standard InChI is InChI=1S/C13H27NOS2/c1-3-14(4-2)13(16)17-12-10-8-6-5-7-9-11-15/h15H,3-12H2,1-2H3. The molecule has 1 N–H and O–H groups in total. The number of thiocarbonyl (C=S) groups is 1. The van der Waals surface area contributed by atoms with E-state index in [4.69, 9.17) is 17.3 Å². The lowest BCUT2D eigenvalue weighted by Gasteiger charge is -2.20. The summed E-state index contributed by atoms with van der Waals surface area (Å²) >= 11 is 7.19. The van der Waals surface area contributed by atoms with Gasteiger partial charge in [0.05, 0.1) is 0 Å². The monoisotopic (exact) mass is 277 g/mol. The van der Waals surface area contributed by atoms with Crippen LogP contribution in [0.4, 0.5) is 0 Å². The second kappa shape index (κ2) is 12.7. The summed E-state index contributed by atoms with van der Waals surface area (Å²) in [4.78, 5) is 2.24. The number of hydrogen-bond donors (Lipinski definition) is 1. The minimum absolute atomic E-state index is 0.341. The first-order valence-electron chi connectivity index (χ1n) is 6.78. The van der Waals surface area contributed by atoms with E-state index < -0.39 is 0 Å². The largest absolute Gasteiger partial charge is 0.396 e. The molecule has 2 nitrogen and oxygen atoms in total. The van der Waals surface area contributed by atoms with Gasteiger partial charge in [0, 0.05) is 25.4 Å². The molecule has 0 aromatic heterocycles. The summed E-state index contributed by atoms with van der Waals surface area (Å²) in [6, 6.07) is 0. The Morgan fingerprint density at radius 3 is 2.06 bits per heavy atom. The van der Waals surface area contributed by atoms with E-state index in [2.05, 4.69) is 18.7 Å². The molecule has 0 atom stereocenters. The van der Waals surface area contributed by atoms with Gasteiger partial charge in [0.1, 0.15) is 4.32 Å². The average Bonchev–Trinajstić information content (AvgIpc) is 2.34. The van der Waals surface area contributed by atoms with Crippen molar-refractivity contribution in [2.24, 2.45) is 0 Å². The van der Waals surface area contributed by atoms with E-state index in [0.717, 1.165) is 29.6 Å². The van der Waals surface area contributed by atoms with Gasteiger partial charge >= 0.3 is 0 Å². The van der Waals surface area contributed by atoms with Gasteiger partial charge in [-0.05, 0) is 26.7 Å². The molecular formula is C13H27NOS2. The SMILES string of the molecule is CCN(CC)C(=S)SCCCCCCCCO. The molecule has 0 aromatic rings. The molecule has 0 aliphatic rings. The number of hydrogen-bond acceptors (Lipinski definition) is 3. The Bertz CT molecular complexity index is 184. The summed E-state index contributed by atoms with van der Waals surface area (Å²) < 4.78 is 1.05. The summed E-state index contributed by atoms with van der Waals surface area (Å²) in [5.74, 6) is 1.15. The van der Waals surface area contributed by atoms with Crippen LogP contribution in [0.15, 0.2) is 0 Å². The highest BCUT2D eigenvalue weighted by Crippen LogP contribution is 2.13. The van der Waals surface area contributed by atoms with Crippen LogP contribution < -0.4 is 0 Å². The Labute approximate surface area is 116 Å². The van der Waals surface area contributed by atoms with Crippen LogP contribution in [0.1, 0.15) is 52.4 Å². The van der Waals surface area contributed by atoms with E-state index in [-0.39, 0.29) is 0 Å². The number of aliphatic hydroxyl groups excluding tert-OH is 1. The van der Waals surface area contributed by atoms with Crippen molar-refractivity contribution in [3.8, 4) is 0 Å². The van der Waals surface area contributed by atoms with E-state index in [1.165, 1.54) is 32.1 Å². The highest BCUT2D eigenvalue weighted by atomic mass is 32.2. The van der Waals surface area contributed by atoms with Crippen molar-refractivity contribution in [2.75, 3.05) is 25.4 Å². The topological polar surface area (TPSA) is 23.5 Å². The number of aliphatic hydroxyl groups is 1. The minimum atomic E-state index is 0.341. The molecule has 0 saturated heterocycles. The Morgan fingerprint density at radius 2 is 1.53 bits per heavy atom. The van der Waals surface area contributed by atoms with E-state index in [0.29, 0.717) is 6.61 Å². The summed E-state index contributed by atoms with van der Waals surface area (Å²) in [6.45, 7) is 6.68. The number of thioether (sulfide) groups is 1. The van der Waals surface area contributed by atoms with E-state index in [1.54, 1.807) is 0 Å². The molecule has 0 aromatic carbocycles. The number of nitrogens with zero attached hydrogens (tertiary/aromatic N) is 1. The predicted octanol–water partition coefficient (Wildman–Crippen LogP) is 3.68. The van der Waals surface area contributed by atoms with Crippen molar-refractivity contribution in [3.63, 3.8) is 0 Å². The second-order valence-electron chi connectivity index (χ2n) is 4.13. The quantitative estimate of drug-likeness (QED) is 0.486. The van der Waals surface area contributed by atoms with E-state index >= 15 is 0 Å². The van der Waals surface area contributed by atoms with Gasteiger partial charge in [0.2, 0.25) is 0 Å². The van der Waals surface area contributed by atoms with Crippen molar-refractivity contribution < 1.29 is 5.11 Å². The molecule has 0 radical (unpaired) electrons. The lowest BCUT2D eigenvalue weighted by atomic mass is 10.1. The van der Waals surface area contributed by atoms with Crippen LogP contribution in [0.2, 0.25) is 0 Å². The molecule has 0 unspecified atom stereocenters. The van der Waals surface area contributed by atoms with E-state index in [1.807, 2.05) is 11.8 Å². The van der Waals surface area contributed by atoms with Crippen LogP contribution in [-0.2, 0) is 0 Å². The molecule has 0 aliphatic carbocycles. The van der Waals surface area contributed by atoms with Gasteiger partial charge < -0.3 is 10.0 Å². The third-order valence-corrected chi connectivity index (χ3v) is 4.41. The normalized spacial score (nSPS) is 10.5. The Hall–Kier alpha value is 0.200. The van der Waals surface area contributed by atoms with Crippen molar-refractivity contribution in [1.82, 2.24) is 4.90 Å². The maximum Gasteiger partial charge on any atom is 0.136 e. The second-order valence-corrected chi connectivity index (χ2v) is 5.86. The molecule has 17 heavy (non-hydrogen) atoms. The summed E-state index contributed by atoms with van der Waals surface area (Å²) in [5, 5.41) is 8.64. The molecule has 0 heterocycles. The fraction of sp³-hybridized carbons (Fsp3) is 0.923. The third-order valence-electron chi connectivity index (χ3n) is 2.80. The summed E-state index contributed by atoms with van der Waals surface area (Å²) in [7, 11) is 0. The zero-order chi connectivity index (χ0) is 12.9. The zero-order valence-electron chi connectivity index (χ0n) is 11.3. The third kappa shape index (κ3) is 9.86. The smallest absolute Gasteiger partial charge is 0.136 e. The average molecular weight is 277 g/mol. The van der Waals surface area contributed by atoms with Crippen molar-refractivity contribution in [2.45, 2.75) is 52.4 Å². The molecule has 0 spiro atoms. The van der Waals surface area contributed by atoms with Crippen LogP contribution in [0.3, 0.4) is 0 Å². The molecule has 0 amide bonds. The number of rotatable bonds is 10. The maximum atomic E-state index is 8.64. The number of unbranched alkanes of at least 4 members (excludes halogenated alkanes) is 5. The van der Waals surface area contributed by atoms with Crippen molar-refractivity contribution >= 4 is 28.3 Å². The highest BCUT2D eigenvalue weighted by Gasteiger charge is 2.04. The molecule has 0 bridgehead atoms. The van der Waals surface area contributed by atoms with Gasteiger partial charge in [-0.3, -0.25) is 0 Å². The van der Waals surface area contributed by atoms with Crippen molar-refractivity contribution in [3.05, 3.63) is 0 Å². The van der Waals surface area contributed by atoms with Crippen LogP contribution in [-0.4, -0.2) is 39.8 Å². The van der Waals surface area contributed by atoms with Crippen LogP contribution in [0.25, 0.3) is 0 Å². The maximum absolute atomic E-state index is 8.64. The molecule has 4 heteroatoms. The molecule has 0 rings (SSSR count).